The van der Waals surface area contributed by atoms with E-state index in [1.807, 2.05) is 73.7 Å². The normalized spacial score (nSPS) is 10.8. The van der Waals surface area contributed by atoms with Crippen LogP contribution in [0.2, 0.25) is 0 Å². The van der Waals surface area contributed by atoms with Crippen molar-refractivity contribution in [2.24, 2.45) is 0 Å². The molecule has 1 aromatic heterocycles. The fraction of sp³-hybridized carbons (Fsp3) is 0.125. The number of anilines is 1. The van der Waals surface area contributed by atoms with Gasteiger partial charge in [-0.15, -0.1) is 0 Å². The Bertz CT molecular complexity index is 1240. The molecule has 5 heteroatoms. The number of rotatable bonds is 4. The number of carbonyl (C=O) groups excluding carboxylic acids is 2. The highest BCUT2D eigenvalue weighted by atomic mass is 16.5. The second kappa shape index (κ2) is 7.72. The molecule has 0 atom stereocenters. The molecular formula is C24H20N2O3. The number of hydrogen-bond acceptors (Lipinski definition) is 4. The maximum absolute atomic E-state index is 12.7. The number of fused-ring (bicyclic) bond motifs is 2. The molecule has 3 aromatic carbocycles. The predicted octanol–water partition coefficient (Wildman–Crippen LogP) is 4.80. The van der Waals surface area contributed by atoms with Crippen LogP contribution in [0.5, 0.6) is 0 Å². The minimum atomic E-state index is -0.550. The molecule has 0 saturated carbocycles. The minimum Gasteiger partial charge on any atom is -0.452 e. The highest BCUT2D eigenvalue weighted by Gasteiger charge is 2.19. The van der Waals surface area contributed by atoms with Gasteiger partial charge in [0.2, 0.25) is 0 Å². The molecule has 0 aliphatic carbocycles. The zero-order chi connectivity index (χ0) is 20.4. The van der Waals surface area contributed by atoms with Gasteiger partial charge >= 0.3 is 5.97 Å². The molecular weight excluding hydrogens is 364 g/mol. The number of nitrogens with one attached hydrogen (secondary N) is 1. The summed E-state index contributed by atoms with van der Waals surface area (Å²) < 4.78 is 5.29. The Morgan fingerprint density at radius 3 is 2.41 bits per heavy atom. The number of nitrogens with zero attached hydrogens (tertiary/aromatic N) is 1. The molecule has 1 heterocycles. The van der Waals surface area contributed by atoms with Crippen LogP contribution in [0, 0.1) is 13.8 Å². The Kier molecular flexibility index (Phi) is 4.96. The average Bonchev–Trinajstić information content (AvgIpc) is 2.72. The van der Waals surface area contributed by atoms with Gasteiger partial charge in [-0.1, -0.05) is 54.6 Å². The molecule has 0 radical (unpaired) electrons. The lowest BCUT2D eigenvalue weighted by Crippen LogP contribution is -2.22. The first-order valence-corrected chi connectivity index (χ1v) is 9.35. The molecule has 0 spiro atoms. The second-order valence-corrected chi connectivity index (χ2v) is 6.87. The van der Waals surface area contributed by atoms with Gasteiger partial charge in [-0.2, -0.15) is 0 Å². The number of amides is 1. The van der Waals surface area contributed by atoms with E-state index in [1.165, 1.54) is 0 Å². The van der Waals surface area contributed by atoms with Crippen LogP contribution in [0.15, 0.2) is 66.7 Å². The molecule has 0 aliphatic rings. The molecule has 0 fully saturated rings. The van der Waals surface area contributed by atoms with Crippen LogP contribution in [0.4, 0.5) is 5.69 Å². The molecule has 4 rings (SSSR count). The molecule has 0 bridgehead atoms. The minimum absolute atomic E-state index is 0.367. The maximum atomic E-state index is 12.7. The van der Waals surface area contributed by atoms with E-state index in [0.29, 0.717) is 16.9 Å². The first kappa shape index (κ1) is 18.6. The molecule has 0 saturated heterocycles. The number of benzene rings is 3. The van der Waals surface area contributed by atoms with E-state index < -0.39 is 11.9 Å². The fourth-order valence-electron chi connectivity index (χ4n) is 3.56. The van der Waals surface area contributed by atoms with E-state index in [1.54, 1.807) is 6.92 Å². The number of aryl methyl sites for hydroxylation is 2. The van der Waals surface area contributed by atoms with Gasteiger partial charge in [-0.25, -0.2) is 4.79 Å². The summed E-state index contributed by atoms with van der Waals surface area (Å²) in [4.78, 5) is 29.5. The van der Waals surface area contributed by atoms with Gasteiger partial charge in [0.25, 0.3) is 5.91 Å². The molecule has 1 amide bonds. The second-order valence-electron chi connectivity index (χ2n) is 6.87. The van der Waals surface area contributed by atoms with Crippen LogP contribution >= 0.6 is 0 Å². The van der Waals surface area contributed by atoms with E-state index in [4.69, 9.17) is 4.74 Å². The summed E-state index contributed by atoms with van der Waals surface area (Å²) in [5.74, 6) is -0.940. The molecule has 5 nitrogen and oxygen atoms in total. The number of ether oxygens (including phenoxy) is 1. The van der Waals surface area contributed by atoms with Crippen molar-refractivity contribution < 1.29 is 14.3 Å². The van der Waals surface area contributed by atoms with Crippen molar-refractivity contribution in [3.63, 3.8) is 0 Å². The monoisotopic (exact) mass is 384 g/mol. The SMILES string of the molecule is Cc1nc2ccccc2c(C)c1C(=O)OCC(=O)Nc1cccc2ccccc12. The average molecular weight is 384 g/mol. The zero-order valence-electron chi connectivity index (χ0n) is 16.2. The third-order valence-corrected chi connectivity index (χ3v) is 4.94. The molecule has 4 aromatic rings. The number of para-hydroxylation sites is 1. The third-order valence-electron chi connectivity index (χ3n) is 4.94. The highest BCUT2D eigenvalue weighted by Crippen LogP contribution is 2.24. The van der Waals surface area contributed by atoms with Gasteiger partial charge in [0.05, 0.1) is 16.8 Å². The van der Waals surface area contributed by atoms with Gasteiger partial charge in [-0.05, 0) is 36.9 Å². The van der Waals surface area contributed by atoms with E-state index in [-0.39, 0.29) is 6.61 Å². The largest absolute Gasteiger partial charge is 0.452 e. The zero-order valence-corrected chi connectivity index (χ0v) is 16.2. The van der Waals surface area contributed by atoms with Crippen LogP contribution in [0.1, 0.15) is 21.6 Å². The van der Waals surface area contributed by atoms with E-state index in [9.17, 15) is 9.59 Å². The van der Waals surface area contributed by atoms with E-state index in [2.05, 4.69) is 10.3 Å². The Labute approximate surface area is 168 Å². The number of carbonyl (C=O) groups is 2. The first-order chi connectivity index (χ1) is 14.0. The summed E-state index contributed by atoms with van der Waals surface area (Å²) in [5, 5.41) is 5.67. The van der Waals surface area contributed by atoms with Crippen LogP contribution < -0.4 is 5.32 Å². The third kappa shape index (κ3) is 3.67. The van der Waals surface area contributed by atoms with Gasteiger partial charge < -0.3 is 10.1 Å². The number of hydrogen-bond donors (Lipinski definition) is 1. The fourth-order valence-corrected chi connectivity index (χ4v) is 3.56. The van der Waals surface area contributed by atoms with Crippen molar-refractivity contribution in [3.05, 3.63) is 83.6 Å². The molecule has 1 N–H and O–H groups in total. The predicted molar refractivity (Wildman–Crippen MR) is 114 cm³/mol. The first-order valence-electron chi connectivity index (χ1n) is 9.35. The summed E-state index contributed by atoms with van der Waals surface area (Å²) in [6, 6.07) is 21.1. The standard InChI is InChI=1S/C24H20N2O3/c1-15-18-10-5-6-12-20(18)25-16(2)23(15)24(28)29-14-22(27)26-21-13-7-9-17-8-3-4-11-19(17)21/h3-13H,14H2,1-2H3,(H,26,27). The molecule has 0 unspecified atom stereocenters. The summed E-state index contributed by atoms with van der Waals surface area (Å²) in [6.45, 7) is 3.27. The van der Waals surface area contributed by atoms with Gasteiger partial charge in [0, 0.05) is 16.5 Å². The van der Waals surface area contributed by atoms with Crippen molar-refractivity contribution in [2.45, 2.75) is 13.8 Å². The lowest BCUT2D eigenvalue weighted by atomic mass is 10.0. The number of aromatic nitrogens is 1. The summed E-state index contributed by atoms with van der Waals surface area (Å²) in [5.41, 5.74) is 3.30. The topological polar surface area (TPSA) is 68.3 Å². The molecule has 144 valence electrons. The number of pyridine rings is 1. The van der Waals surface area contributed by atoms with Crippen molar-refractivity contribution in [3.8, 4) is 0 Å². The maximum Gasteiger partial charge on any atom is 0.340 e. The summed E-state index contributed by atoms with van der Waals surface area (Å²) in [6.07, 6.45) is 0. The van der Waals surface area contributed by atoms with Gasteiger partial charge in [0.1, 0.15) is 0 Å². The highest BCUT2D eigenvalue weighted by molar-refractivity contribution is 6.04. The van der Waals surface area contributed by atoms with Crippen LogP contribution in [-0.2, 0) is 9.53 Å². The van der Waals surface area contributed by atoms with E-state index in [0.717, 1.165) is 27.2 Å². The quantitative estimate of drug-likeness (QED) is 0.513. The van der Waals surface area contributed by atoms with Crippen molar-refractivity contribution in [2.75, 3.05) is 11.9 Å². The lowest BCUT2D eigenvalue weighted by Gasteiger charge is -2.12. The van der Waals surface area contributed by atoms with Crippen molar-refractivity contribution in [1.82, 2.24) is 4.98 Å². The van der Waals surface area contributed by atoms with Crippen molar-refractivity contribution in [1.29, 1.82) is 0 Å². The lowest BCUT2D eigenvalue weighted by molar-refractivity contribution is -0.119. The Morgan fingerprint density at radius 1 is 0.897 bits per heavy atom. The van der Waals surface area contributed by atoms with Crippen molar-refractivity contribution >= 4 is 39.2 Å². The molecule has 29 heavy (non-hydrogen) atoms. The Morgan fingerprint density at radius 2 is 1.59 bits per heavy atom. The van der Waals surface area contributed by atoms with Crippen LogP contribution in [0.25, 0.3) is 21.7 Å². The Hall–Kier alpha value is -3.73. The summed E-state index contributed by atoms with van der Waals surface area (Å²) >= 11 is 0. The number of esters is 1. The Balaban J connectivity index is 1.50. The van der Waals surface area contributed by atoms with Gasteiger partial charge in [-0.3, -0.25) is 9.78 Å². The van der Waals surface area contributed by atoms with E-state index >= 15 is 0 Å². The van der Waals surface area contributed by atoms with Gasteiger partial charge in [0.15, 0.2) is 6.61 Å². The van der Waals surface area contributed by atoms with Crippen LogP contribution in [-0.4, -0.2) is 23.5 Å². The summed E-state index contributed by atoms with van der Waals surface area (Å²) in [7, 11) is 0. The molecule has 0 aliphatic heterocycles. The smallest absolute Gasteiger partial charge is 0.340 e. The van der Waals surface area contributed by atoms with Crippen LogP contribution in [0.3, 0.4) is 0 Å².